The number of benzene rings is 2. The standard InChI is InChI=1S/C20H18Cl2N4O3/c21-13-9-16-19(17(22)10-13)23-12-26(20(16)28)11-18(27)24-14-1-3-15(4-2-14)25-5-7-29-8-6-25/h1-4,9-10,12H,5-8,11H2,(H,24,27). The van der Waals surface area contributed by atoms with Gasteiger partial charge in [-0.15, -0.1) is 0 Å². The number of halogens is 2. The summed E-state index contributed by atoms with van der Waals surface area (Å²) in [5.41, 5.74) is 1.71. The number of hydrogen-bond acceptors (Lipinski definition) is 5. The van der Waals surface area contributed by atoms with Gasteiger partial charge in [-0.05, 0) is 36.4 Å². The van der Waals surface area contributed by atoms with Gasteiger partial charge in [0.1, 0.15) is 6.54 Å². The summed E-state index contributed by atoms with van der Waals surface area (Å²) in [7, 11) is 0. The van der Waals surface area contributed by atoms with Crippen molar-refractivity contribution in [1.29, 1.82) is 0 Å². The second-order valence-corrected chi connectivity index (χ2v) is 7.50. The third kappa shape index (κ3) is 4.37. The first-order valence-corrected chi connectivity index (χ1v) is 9.84. The minimum Gasteiger partial charge on any atom is -0.378 e. The molecule has 150 valence electrons. The Morgan fingerprint density at radius 3 is 2.59 bits per heavy atom. The molecule has 0 atom stereocenters. The van der Waals surface area contributed by atoms with Gasteiger partial charge < -0.3 is 15.0 Å². The number of rotatable bonds is 4. The minimum atomic E-state index is -0.378. The lowest BCUT2D eigenvalue weighted by molar-refractivity contribution is -0.116. The van der Waals surface area contributed by atoms with Gasteiger partial charge in [0, 0.05) is 29.5 Å². The van der Waals surface area contributed by atoms with Crippen molar-refractivity contribution in [3.8, 4) is 0 Å². The van der Waals surface area contributed by atoms with Gasteiger partial charge in [-0.3, -0.25) is 14.2 Å². The van der Waals surface area contributed by atoms with Crippen molar-refractivity contribution in [1.82, 2.24) is 9.55 Å². The molecule has 3 aromatic rings. The number of carbonyl (C=O) groups is 1. The molecule has 1 amide bonds. The van der Waals surface area contributed by atoms with E-state index in [0.29, 0.717) is 34.5 Å². The minimum absolute atomic E-state index is 0.170. The molecule has 0 radical (unpaired) electrons. The van der Waals surface area contributed by atoms with Gasteiger partial charge in [0.15, 0.2) is 0 Å². The van der Waals surface area contributed by atoms with E-state index in [0.717, 1.165) is 18.8 Å². The number of nitrogens with zero attached hydrogens (tertiary/aromatic N) is 3. The highest BCUT2D eigenvalue weighted by Crippen LogP contribution is 2.24. The molecule has 1 saturated heterocycles. The Balaban J connectivity index is 1.47. The average Bonchev–Trinajstić information content (AvgIpc) is 2.71. The molecule has 1 aliphatic rings. The Kier molecular flexibility index (Phi) is 5.71. The van der Waals surface area contributed by atoms with Gasteiger partial charge in [0.05, 0.1) is 35.5 Å². The molecular formula is C20H18Cl2N4O3. The molecular weight excluding hydrogens is 415 g/mol. The Bertz CT molecular complexity index is 1110. The quantitative estimate of drug-likeness (QED) is 0.684. The molecule has 1 aromatic heterocycles. The maximum absolute atomic E-state index is 12.7. The molecule has 1 N–H and O–H groups in total. The van der Waals surface area contributed by atoms with Crippen LogP contribution in [-0.4, -0.2) is 41.8 Å². The molecule has 4 rings (SSSR count). The first-order valence-electron chi connectivity index (χ1n) is 9.08. The van der Waals surface area contributed by atoms with Crippen molar-refractivity contribution in [3.63, 3.8) is 0 Å². The third-order valence-corrected chi connectivity index (χ3v) is 5.19. The van der Waals surface area contributed by atoms with Gasteiger partial charge in [-0.25, -0.2) is 4.98 Å². The van der Waals surface area contributed by atoms with Gasteiger partial charge in [-0.1, -0.05) is 23.2 Å². The SMILES string of the molecule is O=C(Cn1cnc2c(Cl)cc(Cl)cc2c1=O)Nc1ccc(N2CCOCC2)cc1. The highest BCUT2D eigenvalue weighted by Gasteiger charge is 2.13. The molecule has 7 nitrogen and oxygen atoms in total. The van der Waals surface area contributed by atoms with Crippen LogP contribution in [0, 0.1) is 0 Å². The zero-order valence-electron chi connectivity index (χ0n) is 15.4. The number of anilines is 2. The van der Waals surface area contributed by atoms with Crippen molar-refractivity contribution in [2.45, 2.75) is 6.54 Å². The van der Waals surface area contributed by atoms with Crippen LogP contribution in [0.15, 0.2) is 47.5 Å². The fraction of sp³-hybridized carbons (Fsp3) is 0.250. The van der Waals surface area contributed by atoms with Crippen LogP contribution >= 0.6 is 23.2 Å². The van der Waals surface area contributed by atoms with Crippen molar-refractivity contribution in [2.24, 2.45) is 0 Å². The number of ether oxygens (including phenoxy) is 1. The van der Waals surface area contributed by atoms with E-state index in [1.807, 2.05) is 24.3 Å². The number of fused-ring (bicyclic) bond motifs is 1. The summed E-state index contributed by atoms with van der Waals surface area (Å²) in [5.74, 6) is -0.333. The monoisotopic (exact) mass is 432 g/mol. The zero-order chi connectivity index (χ0) is 20.4. The Morgan fingerprint density at radius 1 is 1.14 bits per heavy atom. The van der Waals surface area contributed by atoms with Crippen molar-refractivity contribution in [3.05, 3.63) is 63.1 Å². The summed E-state index contributed by atoms with van der Waals surface area (Å²) < 4.78 is 6.59. The normalized spacial score (nSPS) is 14.2. The second-order valence-electron chi connectivity index (χ2n) is 6.66. The largest absolute Gasteiger partial charge is 0.378 e. The Labute approximate surface area is 176 Å². The third-order valence-electron chi connectivity index (χ3n) is 4.69. The fourth-order valence-corrected chi connectivity index (χ4v) is 3.78. The highest BCUT2D eigenvalue weighted by molar-refractivity contribution is 6.38. The molecule has 0 unspecified atom stereocenters. The summed E-state index contributed by atoms with van der Waals surface area (Å²) >= 11 is 12.1. The summed E-state index contributed by atoms with van der Waals surface area (Å²) in [5, 5.41) is 3.70. The lowest BCUT2D eigenvalue weighted by atomic mass is 10.2. The average molecular weight is 433 g/mol. The van der Waals surface area contributed by atoms with Crippen LogP contribution < -0.4 is 15.8 Å². The summed E-state index contributed by atoms with van der Waals surface area (Å²) in [4.78, 5) is 31.5. The topological polar surface area (TPSA) is 76.5 Å². The molecule has 0 saturated carbocycles. The van der Waals surface area contributed by atoms with Crippen molar-refractivity contribution < 1.29 is 9.53 Å². The summed E-state index contributed by atoms with van der Waals surface area (Å²) in [6, 6.07) is 10.6. The Morgan fingerprint density at radius 2 is 1.86 bits per heavy atom. The van der Waals surface area contributed by atoms with Crippen molar-refractivity contribution >= 4 is 51.4 Å². The molecule has 1 fully saturated rings. The molecule has 2 aromatic carbocycles. The number of aromatic nitrogens is 2. The highest BCUT2D eigenvalue weighted by atomic mass is 35.5. The van der Waals surface area contributed by atoms with Gasteiger partial charge in [0.2, 0.25) is 5.91 Å². The van der Waals surface area contributed by atoms with E-state index >= 15 is 0 Å². The Hall–Kier alpha value is -2.61. The first kappa shape index (κ1) is 19.7. The molecule has 29 heavy (non-hydrogen) atoms. The van der Waals surface area contributed by atoms with E-state index in [-0.39, 0.29) is 23.4 Å². The molecule has 9 heteroatoms. The number of nitrogens with one attached hydrogen (secondary N) is 1. The van der Waals surface area contributed by atoms with Crippen LogP contribution in [0.25, 0.3) is 10.9 Å². The fourth-order valence-electron chi connectivity index (χ4n) is 3.24. The van der Waals surface area contributed by atoms with Crippen molar-refractivity contribution in [2.75, 3.05) is 36.5 Å². The molecule has 0 spiro atoms. The number of hydrogen-bond donors (Lipinski definition) is 1. The van der Waals surface area contributed by atoms with Gasteiger partial charge in [-0.2, -0.15) is 0 Å². The van der Waals surface area contributed by atoms with Crippen LogP contribution in [0.3, 0.4) is 0 Å². The molecule has 2 heterocycles. The number of amides is 1. The van der Waals surface area contributed by atoms with Crippen LogP contribution in [0.2, 0.25) is 10.0 Å². The zero-order valence-corrected chi connectivity index (χ0v) is 16.9. The maximum atomic E-state index is 12.7. The molecule has 0 aliphatic carbocycles. The second kappa shape index (κ2) is 8.41. The molecule has 1 aliphatic heterocycles. The lowest BCUT2D eigenvalue weighted by Gasteiger charge is -2.28. The maximum Gasteiger partial charge on any atom is 0.261 e. The lowest BCUT2D eigenvalue weighted by Crippen LogP contribution is -2.36. The number of carbonyl (C=O) groups excluding carboxylic acids is 1. The van der Waals surface area contributed by atoms with Gasteiger partial charge >= 0.3 is 0 Å². The first-order chi connectivity index (χ1) is 14.0. The van der Waals surface area contributed by atoms with E-state index in [1.54, 1.807) is 0 Å². The summed E-state index contributed by atoms with van der Waals surface area (Å²) in [6.07, 6.45) is 1.31. The van der Waals surface area contributed by atoms with Gasteiger partial charge in [0.25, 0.3) is 5.56 Å². The van der Waals surface area contributed by atoms with E-state index in [2.05, 4.69) is 15.2 Å². The van der Waals surface area contributed by atoms with Crippen LogP contribution in [0.5, 0.6) is 0 Å². The van der Waals surface area contributed by atoms with Crippen LogP contribution in [0.4, 0.5) is 11.4 Å². The van der Waals surface area contributed by atoms with E-state index in [4.69, 9.17) is 27.9 Å². The van der Waals surface area contributed by atoms with E-state index < -0.39 is 0 Å². The van der Waals surface area contributed by atoms with E-state index in [1.165, 1.54) is 23.0 Å². The predicted molar refractivity (Wildman–Crippen MR) is 114 cm³/mol. The predicted octanol–water partition coefficient (Wildman–Crippen LogP) is 3.18. The molecule has 0 bridgehead atoms. The smallest absolute Gasteiger partial charge is 0.261 e. The number of morpholine rings is 1. The van der Waals surface area contributed by atoms with Crippen LogP contribution in [0.1, 0.15) is 0 Å². The van der Waals surface area contributed by atoms with E-state index in [9.17, 15) is 9.59 Å². The summed E-state index contributed by atoms with van der Waals surface area (Å²) in [6.45, 7) is 2.94. The van der Waals surface area contributed by atoms with Crippen LogP contribution in [-0.2, 0) is 16.1 Å².